The Morgan fingerprint density at radius 2 is 2.06 bits per heavy atom. The minimum atomic E-state index is -0.0989. The van der Waals surface area contributed by atoms with Crippen LogP contribution in [0.5, 0.6) is 0 Å². The van der Waals surface area contributed by atoms with Crippen LogP contribution in [0.3, 0.4) is 0 Å². The SMILES string of the molecule is CCCCO[C@@H]1CCN([C@H]2CCCC[C@@H]2O)C1. The number of aliphatic hydroxyl groups excluding tert-OH is 1. The number of nitrogens with zero attached hydrogens (tertiary/aromatic N) is 1. The number of ether oxygens (including phenoxy) is 1. The minimum absolute atomic E-state index is 0.0989. The summed E-state index contributed by atoms with van der Waals surface area (Å²) >= 11 is 0. The largest absolute Gasteiger partial charge is 0.391 e. The van der Waals surface area contributed by atoms with Gasteiger partial charge in [0.05, 0.1) is 12.2 Å². The molecule has 1 heterocycles. The summed E-state index contributed by atoms with van der Waals surface area (Å²) in [4.78, 5) is 2.46. The highest BCUT2D eigenvalue weighted by Crippen LogP contribution is 2.26. The van der Waals surface area contributed by atoms with Crippen LogP contribution in [0.1, 0.15) is 51.9 Å². The van der Waals surface area contributed by atoms with E-state index in [2.05, 4.69) is 11.8 Å². The first-order valence-corrected chi connectivity index (χ1v) is 7.35. The van der Waals surface area contributed by atoms with Gasteiger partial charge in [0.25, 0.3) is 0 Å². The maximum atomic E-state index is 10.0. The zero-order valence-corrected chi connectivity index (χ0v) is 11.1. The van der Waals surface area contributed by atoms with Crippen LogP contribution in [0.15, 0.2) is 0 Å². The molecule has 1 saturated carbocycles. The van der Waals surface area contributed by atoms with E-state index in [0.717, 1.165) is 32.5 Å². The summed E-state index contributed by atoms with van der Waals surface area (Å²) in [6, 6.07) is 0.406. The third-order valence-corrected chi connectivity index (χ3v) is 4.19. The molecule has 2 aliphatic rings. The van der Waals surface area contributed by atoms with Gasteiger partial charge in [0.1, 0.15) is 0 Å². The van der Waals surface area contributed by atoms with Gasteiger partial charge in [-0.25, -0.2) is 0 Å². The number of aliphatic hydroxyl groups is 1. The second-order valence-corrected chi connectivity index (χ2v) is 5.55. The quantitative estimate of drug-likeness (QED) is 0.749. The van der Waals surface area contributed by atoms with Crippen LogP contribution in [0.2, 0.25) is 0 Å². The van der Waals surface area contributed by atoms with Crippen molar-refractivity contribution >= 4 is 0 Å². The van der Waals surface area contributed by atoms with E-state index in [-0.39, 0.29) is 6.10 Å². The van der Waals surface area contributed by atoms with E-state index in [1.54, 1.807) is 0 Å². The van der Waals surface area contributed by atoms with E-state index in [0.29, 0.717) is 12.1 Å². The molecule has 17 heavy (non-hydrogen) atoms. The molecule has 0 bridgehead atoms. The summed E-state index contributed by atoms with van der Waals surface area (Å²) < 4.78 is 5.88. The first kappa shape index (κ1) is 13.3. The van der Waals surface area contributed by atoms with Crippen molar-refractivity contribution in [3.8, 4) is 0 Å². The van der Waals surface area contributed by atoms with E-state index in [1.807, 2.05) is 0 Å². The van der Waals surface area contributed by atoms with E-state index in [4.69, 9.17) is 4.74 Å². The maximum Gasteiger partial charge on any atom is 0.0714 e. The van der Waals surface area contributed by atoms with E-state index < -0.39 is 0 Å². The smallest absolute Gasteiger partial charge is 0.0714 e. The van der Waals surface area contributed by atoms with Crippen molar-refractivity contribution in [2.24, 2.45) is 0 Å². The van der Waals surface area contributed by atoms with Crippen LogP contribution in [0, 0.1) is 0 Å². The van der Waals surface area contributed by atoms with Crippen molar-refractivity contribution in [2.75, 3.05) is 19.7 Å². The van der Waals surface area contributed by atoms with Crippen LogP contribution in [0.25, 0.3) is 0 Å². The minimum Gasteiger partial charge on any atom is -0.391 e. The highest BCUT2D eigenvalue weighted by Gasteiger charge is 2.33. The second-order valence-electron chi connectivity index (χ2n) is 5.55. The van der Waals surface area contributed by atoms with Crippen molar-refractivity contribution in [2.45, 2.75) is 70.1 Å². The van der Waals surface area contributed by atoms with Crippen LogP contribution in [-0.2, 0) is 4.74 Å². The molecule has 0 amide bonds. The van der Waals surface area contributed by atoms with Crippen molar-refractivity contribution < 1.29 is 9.84 Å². The molecule has 0 unspecified atom stereocenters. The van der Waals surface area contributed by atoms with Crippen LogP contribution in [0.4, 0.5) is 0 Å². The van der Waals surface area contributed by atoms with Crippen LogP contribution < -0.4 is 0 Å². The van der Waals surface area contributed by atoms with Crippen LogP contribution >= 0.6 is 0 Å². The van der Waals surface area contributed by atoms with Gasteiger partial charge in [0.2, 0.25) is 0 Å². The van der Waals surface area contributed by atoms with Gasteiger partial charge < -0.3 is 9.84 Å². The van der Waals surface area contributed by atoms with E-state index >= 15 is 0 Å². The van der Waals surface area contributed by atoms with Gasteiger partial charge in [-0.15, -0.1) is 0 Å². The molecule has 1 saturated heterocycles. The van der Waals surface area contributed by atoms with Gasteiger partial charge in [-0.1, -0.05) is 26.2 Å². The van der Waals surface area contributed by atoms with Gasteiger partial charge in [0, 0.05) is 25.7 Å². The zero-order chi connectivity index (χ0) is 12.1. The molecule has 0 radical (unpaired) electrons. The Labute approximate surface area is 105 Å². The summed E-state index contributed by atoms with van der Waals surface area (Å²) in [6.45, 7) is 5.24. The lowest BCUT2D eigenvalue weighted by Gasteiger charge is -2.35. The number of unbranched alkanes of at least 4 members (excludes halogenated alkanes) is 1. The average molecular weight is 241 g/mol. The molecule has 2 rings (SSSR count). The molecule has 1 N–H and O–H groups in total. The molecule has 0 aromatic rings. The molecule has 1 aliphatic carbocycles. The van der Waals surface area contributed by atoms with Gasteiger partial charge in [-0.05, 0) is 25.7 Å². The summed E-state index contributed by atoms with van der Waals surface area (Å²) in [6.07, 6.45) is 8.47. The normalized spacial score (nSPS) is 35.3. The van der Waals surface area contributed by atoms with Gasteiger partial charge in [-0.3, -0.25) is 4.90 Å². The molecule has 100 valence electrons. The van der Waals surface area contributed by atoms with Gasteiger partial charge in [0.15, 0.2) is 0 Å². The molecule has 0 aromatic carbocycles. The molecule has 3 heteroatoms. The third kappa shape index (κ3) is 3.67. The fourth-order valence-electron chi connectivity index (χ4n) is 3.10. The first-order valence-electron chi connectivity index (χ1n) is 7.35. The molecular weight excluding hydrogens is 214 g/mol. The Morgan fingerprint density at radius 3 is 2.82 bits per heavy atom. The molecule has 3 nitrogen and oxygen atoms in total. The standard InChI is InChI=1S/C14H27NO2/c1-2-3-10-17-12-8-9-15(11-12)13-6-4-5-7-14(13)16/h12-14,16H,2-11H2,1H3/t12-,13+,14+/m1/s1. The molecule has 0 aromatic heterocycles. The lowest BCUT2D eigenvalue weighted by atomic mass is 9.91. The van der Waals surface area contributed by atoms with Gasteiger partial charge >= 0.3 is 0 Å². The number of likely N-dealkylation sites (tertiary alicyclic amines) is 1. The summed E-state index contributed by atoms with van der Waals surface area (Å²) in [7, 11) is 0. The molecular formula is C14H27NO2. The zero-order valence-electron chi connectivity index (χ0n) is 11.1. The van der Waals surface area contributed by atoms with Gasteiger partial charge in [-0.2, -0.15) is 0 Å². The lowest BCUT2D eigenvalue weighted by molar-refractivity contribution is 0.0131. The summed E-state index contributed by atoms with van der Waals surface area (Å²) in [5.74, 6) is 0. The first-order chi connectivity index (χ1) is 8.31. The highest BCUT2D eigenvalue weighted by atomic mass is 16.5. The molecule has 1 aliphatic heterocycles. The highest BCUT2D eigenvalue weighted by molar-refractivity contribution is 4.88. The third-order valence-electron chi connectivity index (χ3n) is 4.19. The Balaban J connectivity index is 1.72. The van der Waals surface area contributed by atoms with Crippen molar-refractivity contribution in [1.82, 2.24) is 4.90 Å². The van der Waals surface area contributed by atoms with E-state index in [9.17, 15) is 5.11 Å². The molecule has 2 fully saturated rings. The Hall–Kier alpha value is -0.120. The predicted octanol–water partition coefficient (Wildman–Crippen LogP) is 2.18. The fourth-order valence-corrected chi connectivity index (χ4v) is 3.10. The average Bonchev–Trinajstić information content (AvgIpc) is 2.79. The predicted molar refractivity (Wildman–Crippen MR) is 69.1 cm³/mol. The van der Waals surface area contributed by atoms with Crippen molar-refractivity contribution in [3.05, 3.63) is 0 Å². The topological polar surface area (TPSA) is 32.7 Å². The summed E-state index contributed by atoms with van der Waals surface area (Å²) in [5, 5.41) is 10.0. The van der Waals surface area contributed by atoms with E-state index in [1.165, 1.54) is 32.1 Å². The fraction of sp³-hybridized carbons (Fsp3) is 1.00. The van der Waals surface area contributed by atoms with Crippen molar-refractivity contribution in [1.29, 1.82) is 0 Å². The molecule has 3 atom stereocenters. The second kappa shape index (κ2) is 6.72. The number of rotatable bonds is 5. The Kier molecular flexibility index (Phi) is 5.26. The van der Waals surface area contributed by atoms with Crippen molar-refractivity contribution in [3.63, 3.8) is 0 Å². The molecule has 0 spiro atoms. The lowest BCUT2D eigenvalue weighted by Crippen LogP contribution is -2.44. The number of hydrogen-bond acceptors (Lipinski definition) is 3. The summed E-state index contributed by atoms with van der Waals surface area (Å²) in [5.41, 5.74) is 0. The number of hydrogen-bond donors (Lipinski definition) is 1. The Bertz CT molecular complexity index is 222. The Morgan fingerprint density at radius 1 is 1.24 bits per heavy atom. The van der Waals surface area contributed by atoms with Crippen LogP contribution in [-0.4, -0.2) is 48.0 Å². The maximum absolute atomic E-state index is 10.0. The monoisotopic (exact) mass is 241 g/mol.